The first-order valence-electron chi connectivity index (χ1n) is 6.45. The molecule has 2 aromatic rings. The summed E-state index contributed by atoms with van der Waals surface area (Å²) in [6.07, 6.45) is 11.0. The molecular weight excluding hydrogens is 244 g/mol. The van der Waals surface area contributed by atoms with Crippen molar-refractivity contribution >= 4 is 24.6 Å². The predicted octanol–water partition coefficient (Wildman–Crippen LogP) is 4.47. The second-order valence-corrected chi connectivity index (χ2v) is 4.07. The summed E-state index contributed by atoms with van der Waals surface area (Å²) < 4.78 is 0. The number of rotatable bonds is 5. The number of allylic oxidation sites excluding steroid dienone is 2. The second-order valence-electron chi connectivity index (χ2n) is 4.07. The van der Waals surface area contributed by atoms with Crippen molar-refractivity contribution in [3.63, 3.8) is 0 Å². The molecule has 0 bridgehead atoms. The standard InChI is InChI=1S/C18H16N2/c1-3-9-17(10-4-1)13-7-15-19-20-16-8-14-18-11-5-2-6-12-18/h1-16H/b13-7+,14-8+,19-15+,20-16+. The first-order valence-corrected chi connectivity index (χ1v) is 6.45. The summed E-state index contributed by atoms with van der Waals surface area (Å²) in [4.78, 5) is 0. The molecule has 0 amide bonds. The van der Waals surface area contributed by atoms with Gasteiger partial charge in [-0.1, -0.05) is 72.8 Å². The molecular formula is C18H16N2. The summed E-state index contributed by atoms with van der Waals surface area (Å²) >= 11 is 0. The van der Waals surface area contributed by atoms with Gasteiger partial charge >= 0.3 is 0 Å². The van der Waals surface area contributed by atoms with E-state index in [1.807, 2.05) is 85.0 Å². The maximum Gasteiger partial charge on any atom is 0.0495 e. The topological polar surface area (TPSA) is 24.7 Å². The average molecular weight is 260 g/mol. The van der Waals surface area contributed by atoms with Crippen molar-refractivity contribution < 1.29 is 0 Å². The third kappa shape index (κ3) is 5.27. The van der Waals surface area contributed by atoms with Gasteiger partial charge in [-0.2, -0.15) is 10.2 Å². The first kappa shape index (κ1) is 13.7. The van der Waals surface area contributed by atoms with Crippen molar-refractivity contribution in [2.24, 2.45) is 10.2 Å². The van der Waals surface area contributed by atoms with Crippen LogP contribution in [0.4, 0.5) is 0 Å². The van der Waals surface area contributed by atoms with Gasteiger partial charge in [0, 0.05) is 12.4 Å². The van der Waals surface area contributed by atoms with Crippen molar-refractivity contribution in [1.29, 1.82) is 0 Å². The molecule has 0 unspecified atom stereocenters. The smallest absolute Gasteiger partial charge is 0.0495 e. The molecule has 0 aromatic heterocycles. The zero-order valence-corrected chi connectivity index (χ0v) is 11.1. The van der Waals surface area contributed by atoms with Crippen LogP contribution >= 0.6 is 0 Å². The largest absolute Gasteiger partial charge is 0.159 e. The minimum absolute atomic E-state index is 1.15. The second kappa shape index (κ2) is 8.38. The van der Waals surface area contributed by atoms with Crippen LogP contribution in [0.25, 0.3) is 12.2 Å². The Morgan fingerprint density at radius 2 is 0.950 bits per heavy atom. The highest BCUT2D eigenvalue weighted by atomic mass is 15.2. The van der Waals surface area contributed by atoms with Gasteiger partial charge in [0.25, 0.3) is 0 Å². The molecule has 2 nitrogen and oxygen atoms in total. The van der Waals surface area contributed by atoms with Gasteiger partial charge in [-0.05, 0) is 23.3 Å². The lowest BCUT2D eigenvalue weighted by molar-refractivity contribution is 1.27. The van der Waals surface area contributed by atoms with Crippen LogP contribution in [0.1, 0.15) is 11.1 Å². The Kier molecular flexibility index (Phi) is 5.73. The molecule has 0 fully saturated rings. The van der Waals surface area contributed by atoms with E-state index >= 15 is 0 Å². The molecule has 0 aliphatic heterocycles. The van der Waals surface area contributed by atoms with E-state index in [0.29, 0.717) is 0 Å². The van der Waals surface area contributed by atoms with Crippen LogP contribution < -0.4 is 0 Å². The van der Waals surface area contributed by atoms with Crippen LogP contribution in [0.2, 0.25) is 0 Å². The SMILES string of the molecule is C(=C\c1ccccc1)/C=N/N=C/C=C/c1ccccc1. The van der Waals surface area contributed by atoms with Crippen molar-refractivity contribution in [1.82, 2.24) is 0 Å². The first-order chi connectivity index (χ1) is 9.95. The van der Waals surface area contributed by atoms with E-state index < -0.39 is 0 Å². The maximum absolute atomic E-state index is 3.92. The van der Waals surface area contributed by atoms with Crippen molar-refractivity contribution in [2.75, 3.05) is 0 Å². The van der Waals surface area contributed by atoms with Gasteiger partial charge < -0.3 is 0 Å². The molecule has 2 aromatic carbocycles. The maximum atomic E-state index is 3.92. The van der Waals surface area contributed by atoms with Gasteiger partial charge in [0.15, 0.2) is 0 Å². The van der Waals surface area contributed by atoms with Crippen LogP contribution in [0.15, 0.2) is 83.0 Å². The van der Waals surface area contributed by atoms with Gasteiger partial charge in [0.05, 0.1) is 0 Å². The quantitative estimate of drug-likeness (QED) is 0.559. The molecule has 0 aliphatic carbocycles. The molecule has 2 heteroatoms. The monoisotopic (exact) mass is 260 g/mol. The Morgan fingerprint density at radius 3 is 1.35 bits per heavy atom. The lowest BCUT2D eigenvalue weighted by Crippen LogP contribution is -1.70. The zero-order valence-electron chi connectivity index (χ0n) is 11.1. The van der Waals surface area contributed by atoms with E-state index in [0.717, 1.165) is 11.1 Å². The highest BCUT2D eigenvalue weighted by Gasteiger charge is 1.80. The molecule has 0 radical (unpaired) electrons. The normalized spacial score (nSPS) is 12.2. The van der Waals surface area contributed by atoms with E-state index in [1.165, 1.54) is 0 Å². The van der Waals surface area contributed by atoms with Crippen LogP contribution in [0.5, 0.6) is 0 Å². The van der Waals surface area contributed by atoms with E-state index in [4.69, 9.17) is 0 Å². The highest BCUT2D eigenvalue weighted by molar-refractivity contribution is 5.81. The molecule has 0 spiro atoms. The highest BCUT2D eigenvalue weighted by Crippen LogP contribution is 2.00. The molecule has 0 aliphatic rings. The summed E-state index contributed by atoms with van der Waals surface area (Å²) in [6, 6.07) is 20.2. The molecule has 0 N–H and O–H groups in total. The van der Waals surface area contributed by atoms with Crippen LogP contribution in [-0.2, 0) is 0 Å². The summed E-state index contributed by atoms with van der Waals surface area (Å²) in [7, 11) is 0. The number of benzene rings is 2. The van der Waals surface area contributed by atoms with E-state index in [2.05, 4.69) is 10.2 Å². The Balaban J connectivity index is 1.77. The fourth-order valence-electron chi connectivity index (χ4n) is 1.59. The van der Waals surface area contributed by atoms with Gasteiger partial charge in [-0.25, -0.2) is 0 Å². The Hall–Kier alpha value is -2.74. The predicted molar refractivity (Wildman–Crippen MR) is 87.9 cm³/mol. The number of hydrogen-bond donors (Lipinski definition) is 0. The third-order valence-corrected chi connectivity index (χ3v) is 2.55. The van der Waals surface area contributed by atoms with Gasteiger partial charge in [0.1, 0.15) is 0 Å². The fraction of sp³-hybridized carbons (Fsp3) is 0. The summed E-state index contributed by atoms with van der Waals surface area (Å²) in [6.45, 7) is 0. The Morgan fingerprint density at radius 1 is 0.550 bits per heavy atom. The fourth-order valence-corrected chi connectivity index (χ4v) is 1.59. The minimum atomic E-state index is 1.15. The summed E-state index contributed by atoms with van der Waals surface area (Å²) in [5.41, 5.74) is 2.29. The van der Waals surface area contributed by atoms with Crippen molar-refractivity contribution in [3.05, 3.63) is 83.9 Å². The molecule has 98 valence electrons. The lowest BCUT2D eigenvalue weighted by Gasteiger charge is -1.88. The molecule has 20 heavy (non-hydrogen) atoms. The van der Waals surface area contributed by atoms with Crippen LogP contribution in [0.3, 0.4) is 0 Å². The molecule has 0 saturated heterocycles. The Labute approximate surface area is 119 Å². The van der Waals surface area contributed by atoms with Gasteiger partial charge in [-0.15, -0.1) is 0 Å². The minimum Gasteiger partial charge on any atom is -0.159 e. The molecule has 2 rings (SSSR count). The van der Waals surface area contributed by atoms with Crippen molar-refractivity contribution in [2.45, 2.75) is 0 Å². The number of hydrogen-bond acceptors (Lipinski definition) is 2. The van der Waals surface area contributed by atoms with Crippen molar-refractivity contribution in [3.8, 4) is 0 Å². The zero-order chi connectivity index (χ0) is 13.9. The van der Waals surface area contributed by atoms with E-state index in [9.17, 15) is 0 Å². The molecule has 0 heterocycles. The summed E-state index contributed by atoms with van der Waals surface area (Å²) in [5, 5.41) is 7.85. The van der Waals surface area contributed by atoms with Crippen LogP contribution in [0, 0.1) is 0 Å². The Bertz CT molecular complexity index is 551. The van der Waals surface area contributed by atoms with Gasteiger partial charge in [0.2, 0.25) is 0 Å². The average Bonchev–Trinajstić information content (AvgIpc) is 2.52. The summed E-state index contributed by atoms with van der Waals surface area (Å²) in [5.74, 6) is 0. The van der Waals surface area contributed by atoms with E-state index in [-0.39, 0.29) is 0 Å². The van der Waals surface area contributed by atoms with Crippen LogP contribution in [-0.4, -0.2) is 12.4 Å². The van der Waals surface area contributed by atoms with Gasteiger partial charge in [-0.3, -0.25) is 0 Å². The van der Waals surface area contributed by atoms with E-state index in [1.54, 1.807) is 12.4 Å². The lowest BCUT2D eigenvalue weighted by atomic mass is 10.2. The molecule has 0 atom stereocenters. The molecule has 0 saturated carbocycles. The number of nitrogens with zero attached hydrogens (tertiary/aromatic N) is 2. The third-order valence-electron chi connectivity index (χ3n) is 2.55.